The Bertz CT molecular complexity index is 3200. The van der Waals surface area contributed by atoms with Crippen LogP contribution in [0.5, 0.6) is 0 Å². The van der Waals surface area contributed by atoms with Crippen LogP contribution in [0, 0.1) is 0 Å². The van der Waals surface area contributed by atoms with Crippen LogP contribution in [-0.4, -0.2) is 0 Å². The van der Waals surface area contributed by atoms with Crippen molar-refractivity contribution in [3.63, 3.8) is 0 Å². The summed E-state index contributed by atoms with van der Waals surface area (Å²) in [5, 5.41) is 7.12. The van der Waals surface area contributed by atoms with Crippen molar-refractivity contribution >= 4 is 66.1 Å². The first-order valence-electron chi connectivity index (χ1n) is 20.1. The highest BCUT2D eigenvalue weighted by Gasteiger charge is 2.22. The van der Waals surface area contributed by atoms with Gasteiger partial charge in [0.2, 0.25) is 0 Å². The van der Waals surface area contributed by atoms with E-state index in [9.17, 15) is 0 Å². The highest BCUT2D eigenvalue weighted by atomic mass is 16.3. The normalized spacial score (nSPS) is 14.0. The molecule has 2 heteroatoms. The van der Waals surface area contributed by atoms with E-state index < -0.39 is 0 Å². The van der Waals surface area contributed by atoms with Crippen molar-refractivity contribution in [2.45, 2.75) is 12.3 Å². The summed E-state index contributed by atoms with van der Waals surface area (Å²) in [5.41, 5.74) is 13.5. The van der Waals surface area contributed by atoms with Crippen molar-refractivity contribution in [3.8, 4) is 22.3 Å². The van der Waals surface area contributed by atoms with Crippen LogP contribution in [0.4, 0.5) is 17.1 Å². The van der Waals surface area contributed by atoms with Gasteiger partial charge in [-0.2, -0.15) is 0 Å². The van der Waals surface area contributed by atoms with E-state index in [4.69, 9.17) is 4.42 Å². The third kappa shape index (κ3) is 5.98. The number of hydrogen-bond donors (Lipinski definition) is 0. The summed E-state index contributed by atoms with van der Waals surface area (Å²) in [6, 6.07) is 72.3. The van der Waals surface area contributed by atoms with Gasteiger partial charge in [-0.05, 0) is 98.4 Å². The zero-order valence-corrected chi connectivity index (χ0v) is 31.9. The molecule has 0 bridgehead atoms. The number of nitrogens with zero attached hydrogens (tertiary/aromatic N) is 1. The molecule has 0 fully saturated rings. The number of rotatable bonds is 7. The first-order valence-corrected chi connectivity index (χ1v) is 20.1. The molecule has 1 aromatic heterocycles. The molecule has 9 aromatic carbocycles. The van der Waals surface area contributed by atoms with Crippen molar-refractivity contribution < 1.29 is 4.42 Å². The molecule has 0 N–H and O–H groups in total. The van der Waals surface area contributed by atoms with E-state index >= 15 is 0 Å². The number of hydrogen-bond acceptors (Lipinski definition) is 2. The standard InChI is InChI=1S/C56H39NO/c1-2-13-38(14-3-1)45-20-11-21-48(37-45)57(47-32-29-40(30-33-47)43-18-10-19-44(35-43)46-28-27-39-15-4-5-17-42(39)36-46)53-25-9-8-23-50(53)51-24-12-26-54-55(51)52-34-31-41-16-6-7-22-49(41)56(52)58-54/h1-18,20-37,44H,19H2. The molecule has 2 nitrogen and oxygen atoms in total. The van der Waals surface area contributed by atoms with Crippen molar-refractivity contribution in [1.29, 1.82) is 0 Å². The summed E-state index contributed by atoms with van der Waals surface area (Å²) in [5.74, 6) is 0.327. The lowest BCUT2D eigenvalue weighted by atomic mass is 9.86. The maximum absolute atomic E-state index is 6.66. The van der Waals surface area contributed by atoms with Crippen LogP contribution in [0.2, 0.25) is 0 Å². The maximum Gasteiger partial charge on any atom is 0.143 e. The zero-order chi connectivity index (χ0) is 38.4. The fourth-order valence-corrected chi connectivity index (χ4v) is 8.91. The Morgan fingerprint density at radius 1 is 0.466 bits per heavy atom. The number of benzene rings is 9. The zero-order valence-electron chi connectivity index (χ0n) is 31.9. The third-order valence-electron chi connectivity index (χ3n) is 11.8. The van der Waals surface area contributed by atoms with Crippen LogP contribution in [0.1, 0.15) is 23.5 Å². The van der Waals surface area contributed by atoms with Crippen LogP contribution < -0.4 is 4.90 Å². The van der Waals surface area contributed by atoms with Gasteiger partial charge in [-0.25, -0.2) is 0 Å². The van der Waals surface area contributed by atoms with Crippen molar-refractivity contribution in [3.05, 3.63) is 230 Å². The molecular formula is C56H39NO. The second-order valence-corrected chi connectivity index (χ2v) is 15.2. The molecule has 10 aromatic rings. The topological polar surface area (TPSA) is 16.4 Å². The van der Waals surface area contributed by atoms with Gasteiger partial charge in [-0.1, -0.05) is 176 Å². The fraction of sp³-hybridized carbons (Fsp3) is 0.0357. The van der Waals surface area contributed by atoms with Crippen LogP contribution in [0.25, 0.3) is 71.3 Å². The van der Waals surface area contributed by atoms with Crippen molar-refractivity contribution in [2.24, 2.45) is 0 Å². The SMILES string of the molecule is C1=CC(c2ccc(N(c3cccc(-c4ccccc4)c3)c3ccccc3-c3cccc4oc5c6ccccc6ccc5c34)cc2)=CC(c2ccc3ccccc3c2)C1. The molecule has 274 valence electrons. The predicted molar refractivity (Wildman–Crippen MR) is 245 cm³/mol. The molecule has 1 atom stereocenters. The third-order valence-corrected chi connectivity index (χ3v) is 11.8. The Morgan fingerprint density at radius 2 is 1.19 bits per heavy atom. The molecule has 0 aliphatic heterocycles. The van der Waals surface area contributed by atoms with Crippen LogP contribution >= 0.6 is 0 Å². The highest BCUT2D eigenvalue weighted by molar-refractivity contribution is 6.19. The Labute approximate surface area is 338 Å². The molecule has 58 heavy (non-hydrogen) atoms. The molecule has 1 aliphatic rings. The van der Waals surface area contributed by atoms with E-state index in [1.165, 1.54) is 44.0 Å². The maximum atomic E-state index is 6.66. The van der Waals surface area contributed by atoms with Gasteiger partial charge in [0.15, 0.2) is 0 Å². The van der Waals surface area contributed by atoms with Gasteiger partial charge in [-0.15, -0.1) is 0 Å². The average molecular weight is 742 g/mol. The summed E-state index contributed by atoms with van der Waals surface area (Å²) in [6.07, 6.45) is 8.04. The molecule has 1 aliphatic carbocycles. The van der Waals surface area contributed by atoms with E-state index in [0.29, 0.717) is 5.92 Å². The molecular weight excluding hydrogens is 703 g/mol. The summed E-state index contributed by atoms with van der Waals surface area (Å²) in [4.78, 5) is 2.41. The van der Waals surface area contributed by atoms with Crippen molar-refractivity contribution in [2.75, 3.05) is 4.90 Å². The van der Waals surface area contributed by atoms with Gasteiger partial charge in [0.1, 0.15) is 11.2 Å². The van der Waals surface area contributed by atoms with Crippen LogP contribution in [0.15, 0.2) is 223 Å². The van der Waals surface area contributed by atoms with Gasteiger partial charge in [0.05, 0.1) is 5.69 Å². The first-order chi connectivity index (χ1) is 28.7. The number of anilines is 3. The minimum Gasteiger partial charge on any atom is -0.455 e. The Hall–Kier alpha value is -7.42. The molecule has 0 radical (unpaired) electrons. The van der Waals surface area contributed by atoms with Crippen LogP contribution in [0.3, 0.4) is 0 Å². The molecule has 0 saturated heterocycles. The van der Waals surface area contributed by atoms with E-state index in [2.05, 4.69) is 223 Å². The molecule has 0 spiro atoms. The predicted octanol–water partition coefficient (Wildman–Crippen LogP) is 15.8. The lowest BCUT2D eigenvalue weighted by molar-refractivity contribution is 0.673. The number of para-hydroxylation sites is 1. The average Bonchev–Trinajstić information content (AvgIpc) is 3.70. The Balaban J connectivity index is 1.04. The fourth-order valence-electron chi connectivity index (χ4n) is 8.91. The summed E-state index contributed by atoms with van der Waals surface area (Å²) < 4.78 is 6.66. The first kappa shape index (κ1) is 33.9. The monoisotopic (exact) mass is 741 g/mol. The Morgan fingerprint density at radius 3 is 2.09 bits per heavy atom. The van der Waals surface area contributed by atoms with Gasteiger partial charge in [-0.3, -0.25) is 0 Å². The quantitative estimate of drug-likeness (QED) is 0.162. The minimum atomic E-state index is 0.327. The number of fused-ring (bicyclic) bond motifs is 6. The second-order valence-electron chi connectivity index (χ2n) is 15.2. The smallest absolute Gasteiger partial charge is 0.143 e. The molecule has 1 heterocycles. The molecule has 11 rings (SSSR count). The second kappa shape index (κ2) is 14.3. The Kier molecular flexibility index (Phi) is 8.33. The molecule has 1 unspecified atom stereocenters. The van der Waals surface area contributed by atoms with E-state index in [1.54, 1.807) is 0 Å². The lowest BCUT2D eigenvalue weighted by Gasteiger charge is -2.29. The molecule has 0 saturated carbocycles. The number of furan rings is 1. The highest BCUT2D eigenvalue weighted by Crippen LogP contribution is 2.46. The van der Waals surface area contributed by atoms with Gasteiger partial charge in [0, 0.05) is 39.0 Å². The van der Waals surface area contributed by atoms with Crippen LogP contribution in [-0.2, 0) is 0 Å². The van der Waals surface area contributed by atoms with Gasteiger partial charge >= 0.3 is 0 Å². The van der Waals surface area contributed by atoms with E-state index in [-0.39, 0.29) is 0 Å². The minimum absolute atomic E-state index is 0.327. The largest absolute Gasteiger partial charge is 0.455 e. The molecule has 0 amide bonds. The summed E-state index contributed by atoms with van der Waals surface area (Å²) in [6.45, 7) is 0. The van der Waals surface area contributed by atoms with Crippen molar-refractivity contribution in [1.82, 2.24) is 0 Å². The van der Waals surface area contributed by atoms with Gasteiger partial charge in [0.25, 0.3) is 0 Å². The lowest BCUT2D eigenvalue weighted by Crippen LogP contribution is -2.11. The number of allylic oxidation sites excluding steroid dienone is 4. The van der Waals surface area contributed by atoms with E-state index in [1.807, 2.05) is 0 Å². The summed E-state index contributed by atoms with van der Waals surface area (Å²) >= 11 is 0. The summed E-state index contributed by atoms with van der Waals surface area (Å²) in [7, 11) is 0. The van der Waals surface area contributed by atoms with Gasteiger partial charge < -0.3 is 9.32 Å². The van der Waals surface area contributed by atoms with E-state index in [0.717, 1.165) is 61.9 Å².